The molecule has 1 aliphatic heterocycles. The van der Waals surface area contributed by atoms with E-state index >= 15 is 0 Å². The van der Waals surface area contributed by atoms with Gasteiger partial charge >= 0.3 is 5.97 Å². The Kier molecular flexibility index (Phi) is 6.83. The van der Waals surface area contributed by atoms with E-state index in [2.05, 4.69) is 0 Å². The van der Waals surface area contributed by atoms with E-state index in [1.807, 2.05) is 0 Å². The van der Waals surface area contributed by atoms with Crippen LogP contribution in [0.2, 0.25) is 5.02 Å². The average Bonchev–Trinajstić information content (AvgIpc) is 2.97. The van der Waals surface area contributed by atoms with E-state index in [1.54, 1.807) is 19.1 Å². The Morgan fingerprint density at radius 3 is 2.67 bits per heavy atom. The Hall–Kier alpha value is -3.20. The summed E-state index contributed by atoms with van der Waals surface area (Å²) < 4.78 is 27.0. The van der Waals surface area contributed by atoms with E-state index in [9.17, 15) is 14.9 Å². The molecular formula is C20H20ClNO8. The topological polar surface area (TPSA) is 106 Å². The highest BCUT2D eigenvalue weighted by Crippen LogP contribution is 2.39. The molecule has 1 heterocycles. The smallest absolute Gasteiger partial charge is 0.345 e. The fourth-order valence-electron chi connectivity index (χ4n) is 2.89. The van der Waals surface area contributed by atoms with Gasteiger partial charge < -0.3 is 23.7 Å². The molecule has 0 spiro atoms. The van der Waals surface area contributed by atoms with Crippen molar-refractivity contribution in [3.63, 3.8) is 0 Å². The van der Waals surface area contributed by atoms with Gasteiger partial charge in [-0.25, -0.2) is 4.79 Å². The fraction of sp³-hybridized carbons (Fsp3) is 0.350. The number of hydrogen-bond acceptors (Lipinski definition) is 8. The predicted octanol–water partition coefficient (Wildman–Crippen LogP) is 4.17. The number of ether oxygens (including phenoxy) is 5. The highest BCUT2D eigenvalue weighted by atomic mass is 35.5. The van der Waals surface area contributed by atoms with Gasteiger partial charge in [-0.3, -0.25) is 10.1 Å². The van der Waals surface area contributed by atoms with Gasteiger partial charge in [-0.05, 0) is 24.6 Å². The second-order valence-electron chi connectivity index (χ2n) is 6.24. The summed E-state index contributed by atoms with van der Waals surface area (Å²) >= 11 is 6.24. The summed E-state index contributed by atoms with van der Waals surface area (Å²) in [5.74, 6) is 0.371. The van der Waals surface area contributed by atoms with Gasteiger partial charge in [0.2, 0.25) is 0 Å². The third-order valence-corrected chi connectivity index (χ3v) is 4.51. The summed E-state index contributed by atoms with van der Waals surface area (Å²) in [6.45, 7) is 2.84. The molecule has 0 amide bonds. The number of nitro groups is 1. The van der Waals surface area contributed by atoms with Gasteiger partial charge in [0.1, 0.15) is 12.2 Å². The maximum Gasteiger partial charge on any atom is 0.345 e. The van der Waals surface area contributed by atoms with Gasteiger partial charge in [0, 0.05) is 12.5 Å². The lowest BCUT2D eigenvalue weighted by Gasteiger charge is -2.13. The molecule has 160 valence electrons. The zero-order chi connectivity index (χ0) is 21.7. The van der Waals surface area contributed by atoms with Crippen LogP contribution >= 0.6 is 11.6 Å². The van der Waals surface area contributed by atoms with Gasteiger partial charge in [0.05, 0.1) is 42.9 Å². The maximum absolute atomic E-state index is 12.6. The van der Waals surface area contributed by atoms with Crippen molar-refractivity contribution in [2.75, 3.05) is 26.9 Å². The summed E-state index contributed by atoms with van der Waals surface area (Å²) in [5.41, 5.74) is -0.138. The molecule has 1 aliphatic rings. The van der Waals surface area contributed by atoms with E-state index < -0.39 is 16.6 Å². The van der Waals surface area contributed by atoms with Crippen molar-refractivity contribution in [2.45, 2.75) is 20.0 Å². The molecule has 0 N–H and O–H groups in total. The Labute approximate surface area is 177 Å². The molecular weight excluding hydrogens is 418 g/mol. The quantitative estimate of drug-likeness (QED) is 0.361. The Bertz CT molecular complexity index is 962. The number of fused-ring (bicyclic) bond motifs is 1. The van der Waals surface area contributed by atoms with Crippen LogP contribution < -0.4 is 18.9 Å². The number of methoxy groups -OCH3 is 1. The molecule has 9 nitrogen and oxygen atoms in total. The number of nitrogens with zero attached hydrogens (tertiary/aromatic N) is 1. The molecule has 0 bridgehead atoms. The number of esters is 1. The first-order valence-electron chi connectivity index (χ1n) is 9.19. The van der Waals surface area contributed by atoms with Crippen molar-refractivity contribution >= 4 is 23.3 Å². The lowest BCUT2D eigenvalue weighted by atomic mass is 10.1. The highest BCUT2D eigenvalue weighted by Gasteiger charge is 2.26. The van der Waals surface area contributed by atoms with Crippen LogP contribution in [0.5, 0.6) is 23.0 Å². The molecule has 0 radical (unpaired) electrons. The van der Waals surface area contributed by atoms with Crippen LogP contribution in [0.1, 0.15) is 29.3 Å². The lowest BCUT2D eigenvalue weighted by Crippen LogP contribution is -2.10. The Morgan fingerprint density at radius 2 is 1.97 bits per heavy atom. The Balaban J connectivity index is 1.84. The first kappa shape index (κ1) is 21.5. The zero-order valence-corrected chi connectivity index (χ0v) is 17.2. The molecule has 2 aromatic rings. The lowest BCUT2D eigenvalue weighted by molar-refractivity contribution is -0.385. The minimum Gasteiger partial charge on any atom is -0.493 e. The largest absolute Gasteiger partial charge is 0.493 e. The van der Waals surface area contributed by atoms with Crippen LogP contribution in [0.15, 0.2) is 24.3 Å². The first-order chi connectivity index (χ1) is 14.4. The minimum atomic E-state index is -0.881. The van der Waals surface area contributed by atoms with Gasteiger partial charge in [-0.1, -0.05) is 11.6 Å². The first-order valence-corrected chi connectivity index (χ1v) is 9.56. The van der Waals surface area contributed by atoms with Crippen LogP contribution in [0.4, 0.5) is 5.69 Å². The summed E-state index contributed by atoms with van der Waals surface area (Å²) in [7, 11) is 1.35. The third-order valence-electron chi connectivity index (χ3n) is 4.23. The van der Waals surface area contributed by atoms with E-state index in [-0.39, 0.29) is 23.7 Å². The molecule has 2 aromatic carbocycles. The SMILES string of the molecule is CCOc1cc(C(=O)OCc2cc(Cl)c3c(c2)OCCCO3)c([N+](=O)[O-])cc1OC. The van der Waals surface area contributed by atoms with Gasteiger partial charge in [-0.15, -0.1) is 0 Å². The standard InChI is InChI=1S/C20H20ClNO8/c1-3-27-17-9-13(15(22(24)25)10-16(17)26-2)20(23)30-11-12-7-14(21)19-18(8-12)28-5-4-6-29-19/h7-10H,3-6,11H2,1-2H3. The fourth-order valence-corrected chi connectivity index (χ4v) is 3.17. The van der Waals surface area contributed by atoms with E-state index in [1.165, 1.54) is 13.2 Å². The van der Waals surface area contributed by atoms with Gasteiger partial charge in [-0.2, -0.15) is 0 Å². The predicted molar refractivity (Wildman–Crippen MR) is 107 cm³/mol. The van der Waals surface area contributed by atoms with Crippen molar-refractivity contribution in [2.24, 2.45) is 0 Å². The minimum absolute atomic E-state index is 0.148. The number of rotatable bonds is 7. The van der Waals surface area contributed by atoms with Gasteiger partial charge in [0.25, 0.3) is 5.69 Å². The van der Waals surface area contributed by atoms with Crippen molar-refractivity contribution in [3.8, 4) is 23.0 Å². The molecule has 0 saturated heterocycles. The molecule has 0 atom stereocenters. The van der Waals surface area contributed by atoms with E-state index in [0.717, 1.165) is 12.5 Å². The molecule has 0 unspecified atom stereocenters. The normalized spacial score (nSPS) is 12.6. The van der Waals surface area contributed by atoms with Crippen molar-refractivity contribution in [3.05, 3.63) is 50.5 Å². The molecule has 0 aliphatic carbocycles. The van der Waals surface area contributed by atoms with Gasteiger partial charge in [0.15, 0.2) is 23.0 Å². The molecule has 0 saturated carbocycles. The van der Waals surface area contributed by atoms with E-state index in [4.69, 9.17) is 35.3 Å². The molecule has 10 heteroatoms. The third kappa shape index (κ3) is 4.68. The van der Waals surface area contributed by atoms with Crippen LogP contribution in [-0.2, 0) is 11.3 Å². The monoisotopic (exact) mass is 437 g/mol. The van der Waals surface area contributed by atoms with Crippen LogP contribution in [0.25, 0.3) is 0 Å². The van der Waals surface area contributed by atoms with Crippen molar-refractivity contribution in [1.29, 1.82) is 0 Å². The average molecular weight is 438 g/mol. The Morgan fingerprint density at radius 1 is 1.20 bits per heavy atom. The molecule has 3 rings (SSSR count). The summed E-state index contributed by atoms with van der Waals surface area (Å²) in [6.07, 6.45) is 0.721. The second kappa shape index (κ2) is 9.53. The van der Waals surface area contributed by atoms with Crippen molar-refractivity contribution in [1.82, 2.24) is 0 Å². The number of benzene rings is 2. The summed E-state index contributed by atoms with van der Waals surface area (Å²) in [6, 6.07) is 5.63. The number of halogens is 1. The molecule has 0 aromatic heterocycles. The summed E-state index contributed by atoms with van der Waals surface area (Å²) in [5, 5.41) is 11.8. The number of hydrogen-bond donors (Lipinski definition) is 0. The maximum atomic E-state index is 12.6. The van der Waals surface area contributed by atoms with Crippen LogP contribution in [0.3, 0.4) is 0 Å². The van der Waals surface area contributed by atoms with Crippen LogP contribution in [0, 0.1) is 10.1 Å². The molecule has 0 fully saturated rings. The summed E-state index contributed by atoms with van der Waals surface area (Å²) in [4.78, 5) is 23.4. The number of carbonyl (C=O) groups excluding carboxylic acids is 1. The zero-order valence-electron chi connectivity index (χ0n) is 16.4. The van der Waals surface area contributed by atoms with Crippen LogP contribution in [-0.4, -0.2) is 37.8 Å². The number of carbonyl (C=O) groups is 1. The molecule has 30 heavy (non-hydrogen) atoms. The van der Waals surface area contributed by atoms with E-state index in [0.29, 0.717) is 41.9 Å². The second-order valence-corrected chi connectivity index (χ2v) is 6.65. The number of nitro benzene ring substituents is 1. The highest BCUT2D eigenvalue weighted by molar-refractivity contribution is 6.32. The van der Waals surface area contributed by atoms with Crippen molar-refractivity contribution < 1.29 is 33.4 Å².